The van der Waals surface area contributed by atoms with E-state index >= 15 is 0 Å². The molecule has 0 fully saturated rings. The van der Waals surface area contributed by atoms with Crippen LogP contribution in [0.4, 0.5) is 5.69 Å². The molecule has 0 saturated carbocycles. The van der Waals surface area contributed by atoms with E-state index in [9.17, 15) is 4.79 Å². The summed E-state index contributed by atoms with van der Waals surface area (Å²) in [5.74, 6) is 1.22. The minimum atomic E-state index is -0.653. The lowest BCUT2D eigenvalue weighted by molar-refractivity contribution is -0.118. The summed E-state index contributed by atoms with van der Waals surface area (Å²) in [6, 6.07) is 12.1. The number of carbonyl (C=O) groups is 1. The third-order valence-electron chi connectivity index (χ3n) is 5.56. The Labute approximate surface area is 193 Å². The van der Waals surface area contributed by atoms with Gasteiger partial charge < -0.3 is 4.74 Å². The molecule has 7 heteroatoms. The Balaban J connectivity index is 1.94. The maximum Gasteiger partial charge on any atom is 0.247 e. The zero-order valence-corrected chi connectivity index (χ0v) is 20.0. The molecule has 0 aliphatic carbocycles. The molecular weight excluding hydrogens is 420 g/mol. The van der Waals surface area contributed by atoms with Gasteiger partial charge in [0.1, 0.15) is 0 Å². The van der Waals surface area contributed by atoms with Gasteiger partial charge in [-0.15, -0.1) is 10.2 Å². The molecule has 0 bridgehead atoms. The Morgan fingerprint density at radius 1 is 1.12 bits per heavy atom. The van der Waals surface area contributed by atoms with Crippen molar-refractivity contribution in [1.29, 1.82) is 0 Å². The summed E-state index contributed by atoms with van der Waals surface area (Å²) in [6.45, 7) is 9.79. The van der Waals surface area contributed by atoms with Crippen molar-refractivity contribution in [2.45, 2.75) is 58.8 Å². The number of thioether (sulfide) groups is 1. The fraction of sp³-hybridized carbons (Fsp3) is 0.360. The van der Waals surface area contributed by atoms with Crippen molar-refractivity contribution in [3.05, 3.63) is 58.7 Å². The third kappa shape index (κ3) is 4.21. The largest absolute Gasteiger partial charge is 0.447 e. The summed E-state index contributed by atoms with van der Waals surface area (Å²) in [7, 11) is 0. The molecule has 1 amide bonds. The molecule has 0 spiro atoms. The second-order valence-electron chi connectivity index (χ2n) is 8.14. The van der Waals surface area contributed by atoms with Crippen molar-refractivity contribution >= 4 is 23.4 Å². The Hall–Kier alpha value is -2.93. The van der Waals surface area contributed by atoms with Crippen LogP contribution in [-0.2, 0) is 4.79 Å². The topological polar surface area (TPSA) is 68.2 Å². The van der Waals surface area contributed by atoms with Gasteiger partial charge >= 0.3 is 0 Å². The molecule has 1 atom stereocenters. The van der Waals surface area contributed by atoms with Crippen LogP contribution < -0.4 is 9.64 Å². The predicted molar refractivity (Wildman–Crippen MR) is 128 cm³/mol. The molecule has 2 aromatic carbocycles. The number of fused-ring (bicyclic) bond motifs is 3. The molecule has 6 nitrogen and oxygen atoms in total. The highest BCUT2D eigenvalue weighted by atomic mass is 32.2. The van der Waals surface area contributed by atoms with E-state index in [-0.39, 0.29) is 5.91 Å². The Kier molecular flexibility index (Phi) is 6.46. The number of ether oxygens (including phenoxy) is 1. The number of aryl methyl sites for hydroxylation is 3. The quantitative estimate of drug-likeness (QED) is 0.363. The van der Waals surface area contributed by atoms with E-state index in [1.165, 1.54) is 0 Å². The second kappa shape index (κ2) is 9.28. The number of anilines is 1. The molecule has 1 aliphatic heterocycles. The van der Waals surface area contributed by atoms with Gasteiger partial charge in [0.2, 0.25) is 23.2 Å². The van der Waals surface area contributed by atoms with Gasteiger partial charge in [0.25, 0.3) is 0 Å². The Morgan fingerprint density at radius 3 is 2.62 bits per heavy atom. The molecule has 0 radical (unpaired) electrons. The molecule has 0 N–H and O–H groups in total. The molecule has 166 valence electrons. The van der Waals surface area contributed by atoms with Gasteiger partial charge in [-0.25, -0.2) is 0 Å². The number of unbranched alkanes of at least 4 members (excludes halogenated alkanes) is 1. The number of aromatic nitrogens is 3. The number of rotatable bonds is 5. The minimum Gasteiger partial charge on any atom is -0.447 e. The first-order valence-corrected chi connectivity index (χ1v) is 11.9. The molecule has 0 saturated heterocycles. The molecule has 4 rings (SSSR count). The van der Waals surface area contributed by atoms with Crippen LogP contribution in [0.3, 0.4) is 0 Å². The van der Waals surface area contributed by atoms with Gasteiger partial charge in [-0.05, 0) is 44.4 Å². The molecule has 0 unspecified atom stereocenters. The maximum atomic E-state index is 13.0. The van der Waals surface area contributed by atoms with E-state index in [2.05, 4.69) is 23.2 Å². The molecule has 32 heavy (non-hydrogen) atoms. The summed E-state index contributed by atoms with van der Waals surface area (Å²) in [4.78, 5) is 19.5. The fourth-order valence-corrected chi connectivity index (χ4v) is 4.90. The third-order valence-corrected chi connectivity index (χ3v) is 6.48. The van der Waals surface area contributed by atoms with E-state index in [0.29, 0.717) is 16.7 Å². The lowest BCUT2D eigenvalue weighted by Gasteiger charge is -2.32. The van der Waals surface area contributed by atoms with Crippen molar-refractivity contribution in [2.24, 2.45) is 0 Å². The van der Waals surface area contributed by atoms with Crippen LogP contribution in [0.25, 0.3) is 11.3 Å². The highest BCUT2D eigenvalue weighted by molar-refractivity contribution is 7.99. The van der Waals surface area contributed by atoms with Crippen molar-refractivity contribution in [2.75, 3.05) is 10.7 Å². The van der Waals surface area contributed by atoms with E-state index in [1.807, 2.05) is 51.1 Å². The smallest absolute Gasteiger partial charge is 0.247 e. The van der Waals surface area contributed by atoms with Crippen LogP contribution in [0.2, 0.25) is 0 Å². The van der Waals surface area contributed by atoms with E-state index < -0.39 is 6.23 Å². The van der Waals surface area contributed by atoms with Gasteiger partial charge in [-0.1, -0.05) is 61.0 Å². The first-order valence-electron chi connectivity index (χ1n) is 10.9. The highest BCUT2D eigenvalue weighted by Crippen LogP contribution is 2.45. The van der Waals surface area contributed by atoms with Crippen LogP contribution >= 0.6 is 11.8 Å². The molecule has 3 aromatic rings. The zero-order chi connectivity index (χ0) is 22.8. The van der Waals surface area contributed by atoms with E-state index in [0.717, 1.165) is 52.1 Å². The highest BCUT2D eigenvalue weighted by Gasteiger charge is 2.36. The van der Waals surface area contributed by atoms with Crippen molar-refractivity contribution < 1.29 is 9.53 Å². The summed E-state index contributed by atoms with van der Waals surface area (Å²) in [6.07, 6.45) is 1.54. The van der Waals surface area contributed by atoms with Crippen molar-refractivity contribution in [3.8, 4) is 17.1 Å². The van der Waals surface area contributed by atoms with Gasteiger partial charge in [0.05, 0.1) is 5.69 Å². The summed E-state index contributed by atoms with van der Waals surface area (Å²) >= 11 is 1.57. The number of benzene rings is 2. The fourth-order valence-electron chi connectivity index (χ4n) is 4.04. The van der Waals surface area contributed by atoms with Crippen LogP contribution in [0.5, 0.6) is 5.88 Å². The lowest BCUT2D eigenvalue weighted by Crippen LogP contribution is -2.37. The summed E-state index contributed by atoms with van der Waals surface area (Å²) < 4.78 is 6.50. The molecule has 1 aliphatic rings. The summed E-state index contributed by atoms with van der Waals surface area (Å²) in [5, 5.41) is 9.48. The van der Waals surface area contributed by atoms with Crippen molar-refractivity contribution in [3.63, 3.8) is 0 Å². The second-order valence-corrected chi connectivity index (χ2v) is 9.21. The average molecular weight is 449 g/mol. The SMILES string of the molecule is CCCCSc1nnc2c(n1)O[C@H](c1ccccc1C)N(C(C)=O)c1c(C)cc(C)cc1-2. The van der Waals surface area contributed by atoms with Crippen LogP contribution in [0, 0.1) is 20.8 Å². The molecule has 1 aromatic heterocycles. The Morgan fingerprint density at radius 2 is 1.91 bits per heavy atom. The van der Waals surface area contributed by atoms with Gasteiger partial charge in [-0.3, -0.25) is 9.69 Å². The number of hydrogen-bond donors (Lipinski definition) is 0. The number of hydrogen-bond acceptors (Lipinski definition) is 6. The predicted octanol–water partition coefficient (Wildman–Crippen LogP) is 5.80. The molecular formula is C25H28N4O2S. The average Bonchev–Trinajstić information content (AvgIpc) is 2.89. The monoisotopic (exact) mass is 448 g/mol. The number of amides is 1. The van der Waals surface area contributed by atoms with Crippen LogP contribution in [0.15, 0.2) is 41.6 Å². The first kappa shape index (κ1) is 22.3. The van der Waals surface area contributed by atoms with E-state index in [4.69, 9.17) is 9.72 Å². The number of carbonyl (C=O) groups excluding carboxylic acids is 1. The zero-order valence-electron chi connectivity index (χ0n) is 19.2. The van der Waals surface area contributed by atoms with Crippen molar-refractivity contribution in [1.82, 2.24) is 15.2 Å². The molecule has 2 heterocycles. The lowest BCUT2D eigenvalue weighted by atomic mass is 9.99. The Bertz CT molecular complexity index is 1160. The maximum absolute atomic E-state index is 13.0. The van der Waals surface area contributed by atoms with Gasteiger partial charge in [0.15, 0.2) is 5.69 Å². The summed E-state index contributed by atoms with van der Waals surface area (Å²) in [5.41, 5.74) is 6.18. The first-order chi connectivity index (χ1) is 15.4. The normalized spacial score (nSPS) is 14.9. The van der Waals surface area contributed by atoms with E-state index in [1.54, 1.807) is 23.6 Å². The minimum absolute atomic E-state index is 0.107. The number of nitrogens with zero attached hydrogens (tertiary/aromatic N) is 4. The van der Waals surface area contributed by atoms with Crippen LogP contribution in [-0.4, -0.2) is 26.8 Å². The van der Waals surface area contributed by atoms with Gasteiger partial charge in [0, 0.05) is 23.8 Å². The van der Waals surface area contributed by atoms with Crippen LogP contribution in [0.1, 0.15) is 55.2 Å². The van der Waals surface area contributed by atoms with Gasteiger partial charge in [-0.2, -0.15) is 4.98 Å². The standard InChI is InChI=1S/C25H28N4O2S/c1-6-7-12-32-25-26-23-21(27-28-25)20-14-15(2)13-17(4)22(20)29(18(5)30)24(31-23)19-11-9-8-10-16(19)3/h8-11,13-14,24H,6-7,12H2,1-5H3/t24-/m1/s1.